The zero-order chi connectivity index (χ0) is 22.1. The zero-order valence-corrected chi connectivity index (χ0v) is 18.8. The highest BCUT2D eigenvalue weighted by Crippen LogP contribution is 2.18. The Morgan fingerprint density at radius 2 is 1.97 bits per heavy atom. The number of aromatic nitrogens is 3. The van der Waals surface area contributed by atoms with Crippen molar-refractivity contribution >= 4 is 45.5 Å². The molecule has 0 fully saturated rings. The zero-order valence-electron chi connectivity index (χ0n) is 16.7. The molecule has 7 nitrogen and oxygen atoms in total. The van der Waals surface area contributed by atoms with Crippen molar-refractivity contribution in [3.63, 3.8) is 0 Å². The van der Waals surface area contributed by atoms with Crippen LogP contribution < -0.4 is 5.32 Å². The van der Waals surface area contributed by atoms with Crippen LogP contribution in [0.5, 0.6) is 0 Å². The van der Waals surface area contributed by atoms with E-state index in [1.54, 1.807) is 18.6 Å². The highest BCUT2D eigenvalue weighted by Gasteiger charge is 2.21. The first-order valence-corrected chi connectivity index (χ1v) is 10.8. The number of hydrogen-bond donors (Lipinski definition) is 1. The molecule has 2 heterocycles. The number of fused-ring (bicyclic) bond motifs is 1. The van der Waals surface area contributed by atoms with Crippen molar-refractivity contribution in [2.24, 2.45) is 0 Å². The Labute approximate surface area is 192 Å². The molecule has 10 heteroatoms. The number of carbonyl (C=O) groups excluding carboxylic acids is 1. The number of anilines is 1. The summed E-state index contributed by atoms with van der Waals surface area (Å²) in [7, 11) is 0. The maximum atomic E-state index is 13.2. The molecule has 1 amide bonds. The molecule has 31 heavy (non-hydrogen) atoms. The fraction of sp³-hybridized carbons (Fsp3) is 0.333. The van der Waals surface area contributed by atoms with Gasteiger partial charge in [0.2, 0.25) is 5.95 Å². The molecule has 0 aliphatic carbocycles. The molecular formula is C21H22F2IN5O2. The van der Waals surface area contributed by atoms with Crippen LogP contribution in [0.2, 0.25) is 0 Å². The summed E-state index contributed by atoms with van der Waals surface area (Å²) in [6.07, 6.45) is 4.41. The summed E-state index contributed by atoms with van der Waals surface area (Å²) in [6, 6.07) is 8.68. The van der Waals surface area contributed by atoms with E-state index in [-0.39, 0.29) is 26.1 Å². The molecule has 0 radical (unpaired) electrons. The van der Waals surface area contributed by atoms with Crippen molar-refractivity contribution in [3.05, 3.63) is 58.1 Å². The number of nitrogens with one attached hydrogen (secondary N) is 1. The van der Waals surface area contributed by atoms with E-state index in [0.717, 1.165) is 20.0 Å². The number of ether oxygens (including phenoxy) is 1. The average Bonchev–Trinajstić information content (AvgIpc) is 2.78. The van der Waals surface area contributed by atoms with Crippen molar-refractivity contribution in [2.75, 3.05) is 31.8 Å². The van der Waals surface area contributed by atoms with E-state index in [0.29, 0.717) is 5.95 Å². The predicted octanol–water partition coefficient (Wildman–Crippen LogP) is 4.38. The smallest absolute Gasteiger partial charge is 0.410 e. The molecular weight excluding hydrogens is 519 g/mol. The largest absolute Gasteiger partial charge is 0.445 e. The van der Waals surface area contributed by atoms with Crippen molar-refractivity contribution in [1.29, 1.82) is 0 Å². The maximum absolute atomic E-state index is 13.2. The first-order chi connectivity index (χ1) is 15.1. The first-order valence-electron chi connectivity index (χ1n) is 9.71. The number of amides is 1. The molecule has 0 spiro atoms. The van der Waals surface area contributed by atoms with Gasteiger partial charge in [-0.1, -0.05) is 30.3 Å². The van der Waals surface area contributed by atoms with Gasteiger partial charge in [-0.2, -0.15) is 0 Å². The molecule has 0 aliphatic rings. The highest BCUT2D eigenvalue weighted by atomic mass is 127. The Hall–Kier alpha value is -2.63. The Bertz CT molecular complexity index is 996. The monoisotopic (exact) mass is 541 g/mol. The summed E-state index contributed by atoms with van der Waals surface area (Å²) in [5.74, 6) is 0.299. The molecule has 1 atom stereocenters. The van der Waals surface area contributed by atoms with Gasteiger partial charge in [-0.3, -0.25) is 9.37 Å². The fourth-order valence-corrected chi connectivity index (χ4v) is 3.54. The van der Waals surface area contributed by atoms with Crippen LogP contribution in [0, 0.1) is 3.57 Å². The molecule has 0 aliphatic heterocycles. The van der Waals surface area contributed by atoms with Gasteiger partial charge in [0.1, 0.15) is 13.3 Å². The van der Waals surface area contributed by atoms with Crippen LogP contribution in [-0.2, 0) is 11.3 Å². The predicted molar refractivity (Wildman–Crippen MR) is 122 cm³/mol. The van der Waals surface area contributed by atoms with E-state index < -0.39 is 25.5 Å². The number of alkyl halides is 2. The minimum Gasteiger partial charge on any atom is -0.445 e. The lowest BCUT2D eigenvalue weighted by atomic mass is 10.2. The van der Waals surface area contributed by atoms with Gasteiger partial charge < -0.3 is 15.0 Å². The second-order valence-corrected chi connectivity index (χ2v) is 7.91. The number of pyridine rings is 1. The van der Waals surface area contributed by atoms with Crippen molar-refractivity contribution in [3.8, 4) is 0 Å². The van der Waals surface area contributed by atoms with Crippen molar-refractivity contribution < 1.29 is 18.3 Å². The summed E-state index contributed by atoms with van der Waals surface area (Å²) >= 11 is 2.13. The van der Waals surface area contributed by atoms with Gasteiger partial charge in [-0.15, -0.1) is 0 Å². The van der Waals surface area contributed by atoms with E-state index in [4.69, 9.17) is 4.74 Å². The molecule has 3 rings (SSSR count). The standard InChI is InChI=1S/C21H22F2IN5O2/c22-7-6-17(27-20-26-11-16-10-25-12-18(24)19(16)28-20)13-29(9-8-23)21(30)31-14-15-4-2-1-3-5-15/h1-5,10-12,17H,6-9,13-14H2,(H,26,27,28)/t17-/m0/s1. The highest BCUT2D eigenvalue weighted by molar-refractivity contribution is 14.1. The second kappa shape index (κ2) is 11.7. The molecule has 164 valence electrons. The van der Waals surface area contributed by atoms with Gasteiger partial charge in [-0.05, 0) is 34.6 Å². The lowest BCUT2D eigenvalue weighted by molar-refractivity contribution is 0.0915. The van der Waals surface area contributed by atoms with Gasteiger partial charge in [0.25, 0.3) is 0 Å². The molecule has 1 aromatic carbocycles. The van der Waals surface area contributed by atoms with Crippen molar-refractivity contribution in [2.45, 2.75) is 19.1 Å². The number of halogens is 3. The first kappa shape index (κ1) is 23.0. The van der Waals surface area contributed by atoms with Crippen molar-refractivity contribution in [1.82, 2.24) is 19.9 Å². The molecule has 0 saturated carbocycles. The van der Waals surface area contributed by atoms with Gasteiger partial charge >= 0.3 is 6.09 Å². The normalized spacial score (nSPS) is 11.8. The Morgan fingerprint density at radius 1 is 1.16 bits per heavy atom. The van der Waals surface area contributed by atoms with Crippen LogP contribution in [0.15, 0.2) is 48.9 Å². The Kier molecular flexibility index (Phi) is 8.68. The molecule has 1 N–H and O–H groups in total. The molecule has 0 saturated heterocycles. The number of rotatable bonds is 10. The average molecular weight is 541 g/mol. The van der Waals surface area contributed by atoms with E-state index >= 15 is 0 Å². The fourth-order valence-electron chi connectivity index (χ4n) is 2.95. The van der Waals surface area contributed by atoms with Crippen LogP contribution >= 0.6 is 22.6 Å². The van der Waals surface area contributed by atoms with Gasteiger partial charge in [-0.25, -0.2) is 19.2 Å². The number of benzene rings is 1. The molecule has 0 unspecified atom stereocenters. The second-order valence-electron chi connectivity index (χ2n) is 6.75. The summed E-state index contributed by atoms with van der Waals surface area (Å²) in [5, 5.41) is 3.84. The van der Waals surface area contributed by atoms with E-state index in [1.807, 2.05) is 30.3 Å². The number of nitrogens with zero attached hydrogens (tertiary/aromatic N) is 4. The van der Waals surface area contributed by atoms with Crippen LogP contribution in [-0.4, -0.2) is 58.4 Å². The minimum atomic E-state index is -0.736. The summed E-state index contributed by atoms with van der Waals surface area (Å²) in [5.41, 5.74) is 1.54. The third kappa shape index (κ3) is 6.68. The van der Waals surface area contributed by atoms with Gasteiger partial charge in [0, 0.05) is 36.6 Å². The lowest BCUT2D eigenvalue weighted by Gasteiger charge is -2.26. The molecule has 3 aromatic rings. The van der Waals surface area contributed by atoms with Crippen LogP contribution in [0.4, 0.5) is 19.5 Å². The topological polar surface area (TPSA) is 80.2 Å². The molecule has 2 aromatic heterocycles. The summed E-state index contributed by atoms with van der Waals surface area (Å²) in [4.78, 5) is 26.5. The minimum absolute atomic E-state index is 0.0519. The van der Waals surface area contributed by atoms with E-state index in [1.165, 1.54) is 4.90 Å². The third-order valence-corrected chi connectivity index (χ3v) is 5.28. The lowest BCUT2D eigenvalue weighted by Crippen LogP contribution is -2.42. The van der Waals surface area contributed by atoms with Crippen LogP contribution in [0.3, 0.4) is 0 Å². The van der Waals surface area contributed by atoms with Gasteiger partial charge in [0.15, 0.2) is 0 Å². The quantitative estimate of drug-likeness (QED) is 0.384. The van der Waals surface area contributed by atoms with E-state index in [2.05, 4.69) is 42.9 Å². The van der Waals surface area contributed by atoms with Crippen LogP contribution in [0.25, 0.3) is 10.9 Å². The summed E-state index contributed by atoms with van der Waals surface area (Å²) in [6.45, 7) is -1.38. The van der Waals surface area contributed by atoms with Crippen LogP contribution in [0.1, 0.15) is 12.0 Å². The maximum Gasteiger partial charge on any atom is 0.410 e. The van der Waals surface area contributed by atoms with E-state index in [9.17, 15) is 13.6 Å². The third-order valence-electron chi connectivity index (χ3n) is 4.49. The summed E-state index contributed by atoms with van der Waals surface area (Å²) < 4.78 is 32.4. The number of carbonyl (C=O) groups is 1. The Morgan fingerprint density at radius 3 is 2.71 bits per heavy atom. The SMILES string of the molecule is O=C(OCc1ccccc1)N(CCF)C[C@H](CCF)Nc1ncc2cncc(I)c2n1. The number of hydrogen-bond acceptors (Lipinski definition) is 6. The Balaban J connectivity index is 1.68. The molecule has 0 bridgehead atoms. The van der Waals surface area contributed by atoms with Gasteiger partial charge in [0.05, 0.1) is 22.3 Å².